The third-order valence-electron chi connectivity index (χ3n) is 4.12. The second-order valence-corrected chi connectivity index (χ2v) is 8.16. The lowest BCUT2D eigenvalue weighted by Crippen LogP contribution is -2.14. The number of thiazole rings is 1. The summed E-state index contributed by atoms with van der Waals surface area (Å²) in [5.41, 5.74) is 4.97. The second-order valence-electron chi connectivity index (χ2n) is 6.30. The molecule has 0 atom stereocenters. The molecule has 0 aliphatic carbocycles. The number of aryl methyl sites for hydroxylation is 1. The van der Waals surface area contributed by atoms with E-state index in [4.69, 9.17) is 9.97 Å². The molecule has 2 aromatic heterocycles. The summed E-state index contributed by atoms with van der Waals surface area (Å²) in [6.45, 7) is 2.07. The summed E-state index contributed by atoms with van der Waals surface area (Å²) in [5.74, 6) is 0.157. The summed E-state index contributed by atoms with van der Waals surface area (Å²) in [6.07, 6.45) is 2.34. The number of amides is 1. The van der Waals surface area contributed by atoms with E-state index in [-0.39, 0.29) is 11.7 Å². The van der Waals surface area contributed by atoms with Crippen molar-refractivity contribution in [3.05, 3.63) is 76.9 Å². The van der Waals surface area contributed by atoms with Gasteiger partial charge in [0.1, 0.15) is 5.03 Å². The average Bonchev–Trinajstić information content (AvgIpc) is 3.21. The predicted molar refractivity (Wildman–Crippen MR) is 115 cm³/mol. The van der Waals surface area contributed by atoms with Crippen molar-refractivity contribution >= 4 is 45.2 Å². The van der Waals surface area contributed by atoms with Crippen LogP contribution in [-0.2, 0) is 11.2 Å². The number of fused-ring (bicyclic) bond motifs is 1. The van der Waals surface area contributed by atoms with E-state index in [1.54, 1.807) is 6.20 Å². The number of aromatic nitrogens is 3. The van der Waals surface area contributed by atoms with Crippen LogP contribution in [0.4, 0.5) is 5.13 Å². The molecule has 1 amide bonds. The number of carbonyl (C=O) groups excluding carboxylic acids is 1. The SMILES string of the molecule is Cc1ccc(Cc2nc3ccccc3nc2SCC(=O)Nc2nccs2)cc1. The van der Waals surface area contributed by atoms with E-state index in [9.17, 15) is 4.79 Å². The molecule has 7 heteroatoms. The minimum Gasteiger partial charge on any atom is -0.301 e. The first-order valence-electron chi connectivity index (χ1n) is 8.81. The highest BCUT2D eigenvalue weighted by atomic mass is 32.2. The Morgan fingerprint density at radius 2 is 1.82 bits per heavy atom. The van der Waals surface area contributed by atoms with Crippen molar-refractivity contribution in [1.82, 2.24) is 15.0 Å². The first-order chi connectivity index (χ1) is 13.7. The molecule has 0 aliphatic heterocycles. The first kappa shape index (κ1) is 18.6. The van der Waals surface area contributed by atoms with Crippen LogP contribution in [-0.4, -0.2) is 26.6 Å². The number of nitrogens with zero attached hydrogens (tertiary/aromatic N) is 3. The molecule has 0 unspecified atom stereocenters. The van der Waals surface area contributed by atoms with Gasteiger partial charge in [0.05, 0.1) is 22.5 Å². The van der Waals surface area contributed by atoms with Crippen LogP contribution in [0.25, 0.3) is 11.0 Å². The van der Waals surface area contributed by atoms with Crippen molar-refractivity contribution in [2.24, 2.45) is 0 Å². The van der Waals surface area contributed by atoms with Gasteiger partial charge in [0, 0.05) is 18.0 Å². The van der Waals surface area contributed by atoms with Crippen molar-refractivity contribution in [2.45, 2.75) is 18.4 Å². The van der Waals surface area contributed by atoms with Crippen LogP contribution in [0.5, 0.6) is 0 Å². The van der Waals surface area contributed by atoms with Crippen molar-refractivity contribution < 1.29 is 4.79 Å². The minimum atomic E-state index is -0.101. The number of benzene rings is 2. The Morgan fingerprint density at radius 3 is 2.54 bits per heavy atom. The summed E-state index contributed by atoms with van der Waals surface area (Å²) >= 11 is 2.81. The fourth-order valence-corrected chi connectivity index (χ4v) is 4.06. The molecular weight excluding hydrogens is 388 g/mol. The molecule has 1 N–H and O–H groups in total. The lowest BCUT2D eigenvalue weighted by Gasteiger charge is -2.10. The first-order valence-corrected chi connectivity index (χ1v) is 10.7. The second kappa shape index (κ2) is 8.50. The standard InChI is InChI=1S/C21H18N4OS2/c1-14-6-8-15(9-7-14)12-18-20(24-17-5-3-2-4-16(17)23-18)28-13-19(26)25-21-22-10-11-27-21/h2-11H,12-13H2,1H3,(H,22,25,26). The zero-order chi connectivity index (χ0) is 19.3. The third kappa shape index (κ3) is 4.55. The third-order valence-corrected chi connectivity index (χ3v) is 5.81. The average molecular weight is 407 g/mol. The lowest BCUT2D eigenvalue weighted by molar-refractivity contribution is -0.113. The van der Waals surface area contributed by atoms with E-state index >= 15 is 0 Å². The number of nitrogens with one attached hydrogen (secondary N) is 1. The molecule has 2 aromatic carbocycles. The van der Waals surface area contributed by atoms with Gasteiger partial charge in [-0.05, 0) is 24.6 Å². The van der Waals surface area contributed by atoms with Gasteiger partial charge in [-0.1, -0.05) is 53.7 Å². The highest BCUT2D eigenvalue weighted by Gasteiger charge is 2.13. The van der Waals surface area contributed by atoms with Crippen LogP contribution in [0.3, 0.4) is 0 Å². The Bertz CT molecular complexity index is 1100. The Morgan fingerprint density at radius 1 is 1.07 bits per heavy atom. The van der Waals surface area contributed by atoms with Crippen LogP contribution in [0.15, 0.2) is 65.1 Å². The Kier molecular flexibility index (Phi) is 5.64. The van der Waals surface area contributed by atoms with Crippen molar-refractivity contribution in [3.8, 4) is 0 Å². The Balaban J connectivity index is 1.57. The molecule has 0 fully saturated rings. The number of para-hydroxylation sites is 2. The lowest BCUT2D eigenvalue weighted by atomic mass is 10.1. The molecule has 0 saturated carbocycles. The highest BCUT2D eigenvalue weighted by Crippen LogP contribution is 2.25. The van der Waals surface area contributed by atoms with Gasteiger partial charge in [0.25, 0.3) is 0 Å². The van der Waals surface area contributed by atoms with Crippen LogP contribution in [0.1, 0.15) is 16.8 Å². The molecule has 28 heavy (non-hydrogen) atoms. The summed E-state index contributed by atoms with van der Waals surface area (Å²) < 4.78 is 0. The van der Waals surface area contributed by atoms with E-state index in [1.807, 2.05) is 29.6 Å². The molecule has 2 heterocycles. The summed E-state index contributed by atoms with van der Waals surface area (Å²) in [6, 6.07) is 16.2. The number of anilines is 1. The number of hydrogen-bond donors (Lipinski definition) is 1. The molecule has 140 valence electrons. The molecule has 0 radical (unpaired) electrons. The van der Waals surface area contributed by atoms with Gasteiger partial charge < -0.3 is 5.32 Å². The highest BCUT2D eigenvalue weighted by molar-refractivity contribution is 8.00. The number of thioether (sulfide) groups is 1. The molecular formula is C21H18N4OS2. The molecule has 4 rings (SSSR count). The van der Waals surface area contributed by atoms with E-state index in [0.717, 1.165) is 21.8 Å². The van der Waals surface area contributed by atoms with Crippen LogP contribution in [0, 0.1) is 6.92 Å². The molecule has 0 saturated heterocycles. The topological polar surface area (TPSA) is 67.8 Å². The maximum atomic E-state index is 12.2. The van der Waals surface area contributed by atoms with Crippen LogP contribution in [0.2, 0.25) is 0 Å². The fourth-order valence-electron chi connectivity index (χ4n) is 2.72. The fraction of sp³-hybridized carbons (Fsp3) is 0.143. The van der Waals surface area contributed by atoms with E-state index < -0.39 is 0 Å². The summed E-state index contributed by atoms with van der Waals surface area (Å²) in [5, 5.41) is 6.03. The molecule has 5 nitrogen and oxygen atoms in total. The van der Waals surface area contributed by atoms with Gasteiger partial charge in [0.15, 0.2) is 5.13 Å². The van der Waals surface area contributed by atoms with Gasteiger partial charge in [-0.2, -0.15) is 0 Å². The predicted octanol–water partition coefficient (Wildman–Crippen LogP) is 4.72. The molecule has 4 aromatic rings. The van der Waals surface area contributed by atoms with Crippen molar-refractivity contribution in [3.63, 3.8) is 0 Å². The smallest absolute Gasteiger partial charge is 0.236 e. The largest absolute Gasteiger partial charge is 0.301 e. The number of carbonyl (C=O) groups is 1. The van der Waals surface area contributed by atoms with E-state index in [2.05, 4.69) is 41.5 Å². The normalized spacial score (nSPS) is 10.9. The van der Waals surface area contributed by atoms with Crippen molar-refractivity contribution in [1.29, 1.82) is 0 Å². The Labute approximate surface area is 171 Å². The minimum absolute atomic E-state index is 0.101. The summed E-state index contributed by atoms with van der Waals surface area (Å²) in [7, 11) is 0. The maximum absolute atomic E-state index is 12.2. The van der Waals surface area contributed by atoms with Crippen molar-refractivity contribution in [2.75, 3.05) is 11.1 Å². The van der Waals surface area contributed by atoms with Crippen LogP contribution >= 0.6 is 23.1 Å². The maximum Gasteiger partial charge on any atom is 0.236 e. The van der Waals surface area contributed by atoms with Gasteiger partial charge in [-0.3, -0.25) is 4.79 Å². The quantitative estimate of drug-likeness (QED) is 0.470. The van der Waals surface area contributed by atoms with Gasteiger partial charge >= 0.3 is 0 Å². The van der Waals surface area contributed by atoms with Gasteiger partial charge in [-0.15, -0.1) is 11.3 Å². The number of rotatable bonds is 6. The number of hydrogen-bond acceptors (Lipinski definition) is 6. The van der Waals surface area contributed by atoms with E-state index in [1.165, 1.54) is 34.2 Å². The van der Waals surface area contributed by atoms with Gasteiger partial charge in [-0.25, -0.2) is 15.0 Å². The molecule has 0 aliphatic rings. The zero-order valence-electron chi connectivity index (χ0n) is 15.3. The molecule has 0 bridgehead atoms. The summed E-state index contributed by atoms with van der Waals surface area (Å²) in [4.78, 5) is 25.9. The zero-order valence-corrected chi connectivity index (χ0v) is 16.9. The monoisotopic (exact) mass is 406 g/mol. The van der Waals surface area contributed by atoms with Gasteiger partial charge in [0.2, 0.25) is 5.91 Å². The van der Waals surface area contributed by atoms with E-state index in [0.29, 0.717) is 11.6 Å². The van der Waals surface area contributed by atoms with Crippen LogP contribution < -0.4 is 5.32 Å². The Hall–Kier alpha value is -2.77. The molecule has 0 spiro atoms.